The molecule has 0 aliphatic heterocycles. The number of rotatable bonds is 7. The third-order valence-corrected chi connectivity index (χ3v) is 4.79. The number of halogens is 1. The molecule has 4 aromatic heterocycles. The molecule has 7 nitrogen and oxygen atoms in total. The zero-order chi connectivity index (χ0) is 20.2. The summed E-state index contributed by atoms with van der Waals surface area (Å²) in [5.41, 5.74) is 3.98. The number of hydrogen-bond acceptors (Lipinski definition) is 6. The van der Waals surface area contributed by atoms with Gasteiger partial charge in [-0.05, 0) is 29.3 Å². The number of H-pyrrole nitrogens is 1. The molecule has 0 amide bonds. The van der Waals surface area contributed by atoms with Crippen molar-refractivity contribution in [1.82, 2.24) is 19.9 Å². The van der Waals surface area contributed by atoms with Crippen LogP contribution in [0, 0.1) is 0 Å². The summed E-state index contributed by atoms with van der Waals surface area (Å²) in [4.78, 5) is 16.3. The van der Waals surface area contributed by atoms with E-state index in [-0.39, 0.29) is 0 Å². The number of hydrogen-bond donors (Lipinski definition) is 2. The minimum absolute atomic E-state index is 0.516. The zero-order valence-corrected chi connectivity index (χ0v) is 16.8. The maximum absolute atomic E-state index is 6.08. The monoisotopic (exact) mass is 409 g/mol. The van der Waals surface area contributed by atoms with Crippen LogP contribution in [0.15, 0.2) is 48.9 Å². The van der Waals surface area contributed by atoms with E-state index in [0.29, 0.717) is 23.3 Å². The van der Waals surface area contributed by atoms with Gasteiger partial charge >= 0.3 is 0 Å². The van der Waals surface area contributed by atoms with Crippen molar-refractivity contribution in [1.29, 1.82) is 0 Å². The molecule has 0 aliphatic rings. The Balaban J connectivity index is 1.43. The molecule has 0 saturated carbocycles. The van der Waals surface area contributed by atoms with Crippen molar-refractivity contribution in [2.24, 2.45) is 0 Å². The molecule has 148 valence electrons. The van der Waals surface area contributed by atoms with Crippen molar-refractivity contribution in [2.45, 2.75) is 13.0 Å². The molecule has 0 fully saturated rings. The molecule has 0 unspecified atom stereocenters. The Kier molecular flexibility index (Phi) is 5.48. The number of anilines is 1. The lowest BCUT2D eigenvalue weighted by atomic mass is 10.1. The van der Waals surface area contributed by atoms with Crippen LogP contribution in [0.5, 0.6) is 11.8 Å². The summed E-state index contributed by atoms with van der Waals surface area (Å²) in [5.74, 6) is 1.82. The fourth-order valence-corrected chi connectivity index (χ4v) is 3.25. The van der Waals surface area contributed by atoms with Crippen LogP contribution in [0.2, 0.25) is 5.02 Å². The first-order valence-corrected chi connectivity index (χ1v) is 9.42. The van der Waals surface area contributed by atoms with E-state index >= 15 is 0 Å². The third kappa shape index (κ3) is 4.25. The SMILES string of the molecule is COc1ccc(CNc2ccc(Cc3c[nH]c4ncc(Cl)cc34)cn2)c(OC)n1. The van der Waals surface area contributed by atoms with Crippen LogP contribution in [0.4, 0.5) is 5.82 Å². The van der Waals surface area contributed by atoms with Gasteiger partial charge in [0, 0.05) is 48.6 Å². The number of aromatic amines is 1. The zero-order valence-electron chi connectivity index (χ0n) is 16.1. The molecule has 0 atom stereocenters. The summed E-state index contributed by atoms with van der Waals surface area (Å²) < 4.78 is 10.5. The highest BCUT2D eigenvalue weighted by atomic mass is 35.5. The second kappa shape index (κ2) is 8.36. The van der Waals surface area contributed by atoms with Crippen molar-refractivity contribution in [3.63, 3.8) is 0 Å². The molecule has 0 bridgehead atoms. The van der Waals surface area contributed by atoms with Gasteiger partial charge in [0.15, 0.2) is 0 Å². The van der Waals surface area contributed by atoms with Crippen LogP contribution < -0.4 is 14.8 Å². The summed E-state index contributed by atoms with van der Waals surface area (Å²) in [7, 11) is 3.16. The molecular weight excluding hydrogens is 390 g/mol. The minimum Gasteiger partial charge on any atom is -0.481 e. The number of aromatic nitrogens is 4. The van der Waals surface area contributed by atoms with Crippen LogP contribution in [-0.2, 0) is 13.0 Å². The van der Waals surface area contributed by atoms with Crippen LogP contribution in [-0.4, -0.2) is 34.2 Å². The Morgan fingerprint density at radius 1 is 1.03 bits per heavy atom. The van der Waals surface area contributed by atoms with E-state index < -0.39 is 0 Å². The van der Waals surface area contributed by atoms with Gasteiger partial charge in [0.1, 0.15) is 11.5 Å². The second-order valence-electron chi connectivity index (χ2n) is 6.47. The molecule has 2 N–H and O–H groups in total. The van der Waals surface area contributed by atoms with E-state index in [4.69, 9.17) is 21.1 Å². The van der Waals surface area contributed by atoms with Gasteiger partial charge in [0.05, 0.1) is 19.2 Å². The lowest BCUT2D eigenvalue weighted by Gasteiger charge is -2.11. The van der Waals surface area contributed by atoms with E-state index in [1.54, 1.807) is 26.5 Å². The average molecular weight is 410 g/mol. The van der Waals surface area contributed by atoms with Crippen LogP contribution in [0.1, 0.15) is 16.7 Å². The van der Waals surface area contributed by atoms with Crippen molar-refractivity contribution in [3.8, 4) is 11.8 Å². The summed E-state index contributed by atoms with van der Waals surface area (Å²) >= 11 is 6.08. The molecule has 29 heavy (non-hydrogen) atoms. The topological polar surface area (TPSA) is 85.0 Å². The number of fused-ring (bicyclic) bond motifs is 1. The number of pyridine rings is 3. The molecule has 4 aromatic rings. The lowest BCUT2D eigenvalue weighted by Crippen LogP contribution is -2.05. The molecule has 0 saturated heterocycles. The number of nitrogens with zero attached hydrogens (tertiary/aromatic N) is 3. The third-order valence-electron chi connectivity index (χ3n) is 4.58. The van der Waals surface area contributed by atoms with Gasteiger partial charge in [-0.2, -0.15) is 4.98 Å². The molecule has 8 heteroatoms. The van der Waals surface area contributed by atoms with Gasteiger partial charge in [0.25, 0.3) is 0 Å². The van der Waals surface area contributed by atoms with Gasteiger partial charge in [-0.3, -0.25) is 0 Å². The summed E-state index contributed by atoms with van der Waals surface area (Å²) in [5, 5.41) is 4.94. The van der Waals surface area contributed by atoms with E-state index in [9.17, 15) is 0 Å². The highest BCUT2D eigenvalue weighted by molar-refractivity contribution is 6.31. The standard InChI is InChI=1S/C21H20ClN5O2/c1-28-19-6-4-14(21(27-19)29-2)10-24-18-5-3-13(9-23-18)7-15-11-25-20-17(15)8-16(22)12-26-20/h3-6,8-9,11-12H,7,10H2,1-2H3,(H,23,24)(H,25,26). The largest absolute Gasteiger partial charge is 0.481 e. The summed E-state index contributed by atoms with van der Waals surface area (Å²) in [6.45, 7) is 0.541. The van der Waals surface area contributed by atoms with Crippen LogP contribution in [0.25, 0.3) is 11.0 Å². The molecule has 0 radical (unpaired) electrons. The first kappa shape index (κ1) is 19.0. The van der Waals surface area contributed by atoms with E-state index in [1.807, 2.05) is 30.6 Å². The smallest absolute Gasteiger partial charge is 0.221 e. The van der Waals surface area contributed by atoms with Gasteiger partial charge in [-0.1, -0.05) is 17.7 Å². The van der Waals surface area contributed by atoms with Gasteiger partial charge in [0.2, 0.25) is 11.8 Å². The van der Waals surface area contributed by atoms with Crippen molar-refractivity contribution in [3.05, 3.63) is 70.6 Å². The molecule has 0 spiro atoms. The highest BCUT2D eigenvalue weighted by Gasteiger charge is 2.09. The average Bonchev–Trinajstić information content (AvgIpc) is 3.15. The first-order valence-electron chi connectivity index (χ1n) is 9.04. The molecule has 0 aromatic carbocycles. The van der Waals surface area contributed by atoms with Crippen molar-refractivity contribution >= 4 is 28.5 Å². The highest BCUT2D eigenvalue weighted by Crippen LogP contribution is 2.23. The fraction of sp³-hybridized carbons (Fsp3) is 0.190. The molecule has 4 heterocycles. The Hall–Kier alpha value is -3.32. The number of nitrogens with one attached hydrogen (secondary N) is 2. The Bertz CT molecular complexity index is 1130. The van der Waals surface area contributed by atoms with Gasteiger partial charge < -0.3 is 19.8 Å². The Labute approximate surface area is 173 Å². The first-order chi connectivity index (χ1) is 14.2. The number of ether oxygens (including phenoxy) is 2. The lowest BCUT2D eigenvalue weighted by molar-refractivity contribution is 0.361. The second-order valence-corrected chi connectivity index (χ2v) is 6.90. The fourth-order valence-electron chi connectivity index (χ4n) is 3.10. The quantitative estimate of drug-likeness (QED) is 0.475. The molecule has 0 aliphatic carbocycles. The van der Waals surface area contributed by atoms with E-state index in [0.717, 1.165) is 40.0 Å². The predicted octanol–water partition coefficient (Wildman–Crippen LogP) is 4.23. The van der Waals surface area contributed by atoms with Crippen molar-refractivity contribution in [2.75, 3.05) is 19.5 Å². The van der Waals surface area contributed by atoms with Crippen LogP contribution in [0.3, 0.4) is 0 Å². The maximum atomic E-state index is 6.08. The van der Waals surface area contributed by atoms with Gasteiger partial charge in [-0.25, -0.2) is 9.97 Å². The summed E-state index contributed by atoms with van der Waals surface area (Å²) in [6, 6.07) is 9.66. The van der Waals surface area contributed by atoms with E-state index in [2.05, 4.69) is 31.3 Å². The van der Waals surface area contributed by atoms with E-state index in [1.165, 1.54) is 0 Å². The Morgan fingerprint density at radius 3 is 2.69 bits per heavy atom. The van der Waals surface area contributed by atoms with Gasteiger partial charge in [-0.15, -0.1) is 0 Å². The van der Waals surface area contributed by atoms with Crippen molar-refractivity contribution < 1.29 is 9.47 Å². The summed E-state index contributed by atoms with van der Waals surface area (Å²) in [6.07, 6.45) is 6.21. The molecule has 4 rings (SSSR count). The predicted molar refractivity (Wildman–Crippen MR) is 113 cm³/mol. The maximum Gasteiger partial charge on any atom is 0.221 e. The minimum atomic E-state index is 0.516. The van der Waals surface area contributed by atoms with Crippen LogP contribution >= 0.6 is 11.6 Å². The normalized spacial score (nSPS) is 10.9. The molecular formula is C21H20ClN5O2. The number of methoxy groups -OCH3 is 2. The Morgan fingerprint density at radius 2 is 1.93 bits per heavy atom.